The highest BCUT2D eigenvalue weighted by molar-refractivity contribution is 6.42. The van der Waals surface area contributed by atoms with E-state index in [4.69, 9.17) is 27.6 Å². The zero-order chi connectivity index (χ0) is 27.9. The van der Waals surface area contributed by atoms with Gasteiger partial charge in [0.05, 0.1) is 34.7 Å². The number of likely N-dealkylation sites (tertiary alicyclic amines) is 1. The van der Waals surface area contributed by atoms with Crippen LogP contribution in [0.25, 0.3) is 11.0 Å². The number of piperidine rings is 1. The molecule has 2 unspecified atom stereocenters. The summed E-state index contributed by atoms with van der Waals surface area (Å²) >= 11 is 12.0. The number of carboxylic acid groups (broad SMARTS) is 1. The fourth-order valence-electron chi connectivity index (χ4n) is 5.30. The van der Waals surface area contributed by atoms with Crippen molar-refractivity contribution in [1.82, 2.24) is 29.6 Å². The van der Waals surface area contributed by atoms with Crippen molar-refractivity contribution < 1.29 is 14.3 Å². The van der Waals surface area contributed by atoms with E-state index >= 15 is 0 Å². The number of aromatic amines is 1. The molecule has 1 amide bonds. The van der Waals surface area contributed by atoms with E-state index in [-0.39, 0.29) is 29.5 Å². The van der Waals surface area contributed by atoms with E-state index in [1.165, 1.54) is 22.0 Å². The average molecular weight is 574 g/mol. The predicted molar refractivity (Wildman–Crippen MR) is 147 cm³/mol. The van der Waals surface area contributed by atoms with Crippen LogP contribution in [0.15, 0.2) is 39.9 Å². The summed E-state index contributed by atoms with van der Waals surface area (Å²) in [5.41, 5.74) is 1.54. The SMILES string of the molecule is CC(C)(C)C1C(c2nc(Cn3ncc4nc(NCc5ccc(Cl)c(Cl)c5)[nH]c(=O)c43)co2)CCCN1C(=O)O. The molecule has 4 aromatic rings. The molecule has 0 saturated carbocycles. The maximum Gasteiger partial charge on any atom is 0.407 e. The predicted octanol–water partition coefficient (Wildman–Crippen LogP) is 5.35. The second kappa shape index (κ2) is 10.5. The van der Waals surface area contributed by atoms with Gasteiger partial charge in [-0.1, -0.05) is 50.0 Å². The van der Waals surface area contributed by atoms with E-state index < -0.39 is 6.09 Å². The van der Waals surface area contributed by atoms with Crippen LogP contribution in [-0.4, -0.2) is 53.4 Å². The van der Waals surface area contributed by atoms with E-state index in [0.717, 1.165) is 18.4 Å². The maximum absolute atomic E-state index is 12.9. The summed E-state index contributed by atoms with van der Waals surface area (Å²) < 4.78 is 7.38. The molecule has 1 aliphatic heterocycles. The number of nitrogens with one attached hydrogen (secondary N) is 2. The van der Waals surface area contributed by atoms with Crippen LogP contribution in [0.3, 0.4) is 0 Å². The zero-order valence-electron chi connectivity index (χ0n) is 21.7. The van der Waals surface area contributed by atoms with Crippen molar-refractivity contribution in [2.24, 2.45) is 5.41 Å². The Kier molecular flexibility index (Phi) is 7.30. The number of halogens is 2. The van der Waals surface area contributed by atoms with Crippen LogP contribution in [0, 0.1) is 5.41 Å². The third-order valence-electron chi connectivity index (χ3n) is 6.91. The number of hydrogen-bond acceptors (Lipinski definition) is 7. The standard InChI is InChI=1S/C26H29Cl2N7O4/c1-26(2,3)21-16(5-4-8-34(21)25(37)38)23-31-15(13-39-23)12-35-20-19(11-30-35)32-24(33-22(20)36)29-10-14-6-7-17(27)18(28)9-14/h6-7,9,11,13,16,21H,4-5,8,10,12H2,1-3H3,(H,37,38)(H2,29,32,33,36). The van der Waals surface area contributed by atoms with Crippen LogP contribution in [0.5, 0.6) is 0 Å². The number of rotatable bonds is 6. The second-order valence-electron chi connectivity index (χ2n) is 10.8. The van der Waals surface area contributed by atoms with Gasteiger partial charge >= 0.3 is 6.09 Å². The third-order valence-corrected chi connectivity index (χ3v) is 7.64. The zero-order valence-corrected chi connectivity index (χ0v) is 23.3. The van der Waals surface area contributed by atoms with E-state index in [0.29, 0.717) is 51.7 Å². The first-order valence-corrected chi connectivity index (χ1v) is 13.3. The molecule has 5 rings (SSSR count). The van der Waals surface area contributed by atoms with Gasteiger partial charge in [0.15, 0.2) is 11.4 Å². The molecule has 39 heavy (non-hydrogen) atoms. The van der Waals surface area contributed by atoms with Gasteiger partial charge in [-0.15, -0.1) is 0 Å². The molecule has 0 spiro atoms. The first kappa shape index (κ1) is 27.0. The smallest absolute Gasteiger partial charge is 0.407 e. The number of amides is 1. The summed E-state index contributed by atoms with van der Waals surface area (Å²) in [6.45, 7) is 7.15. The Bertz CT molecular complexity index is 1570. The molecule has 1 aromatic carbocycles. The van der Waals surface area contributed by atoms with E-state index in [2.05, 4.69) is 25.4 Å². The fourth-order valence-corrected chi connectivity index (χ4v) is 5.62. The molecule has 0 radical (unpaired) electrons. The first-order chi connectivity index (χ1) is 18.5. The minimum Gasteiger partial charge on any atom is -0.465 e. The van der Waals surface area contributed by atoms with Gasteiger partial charge < -0.3 is 19.7 Å². The van der Waals surface area contributed by atoms with Crippen molar-refractivity contribution in [2.75, 3.05) is 11.9 Å². The minimum atomic E-state index is -0.938. The van der Waals surface area contributed by atoms with Crippen molar-refractivity contribution in [2.45, 2.75) is 58.7 Å². The Labute approximate surface area is 234 Å². The summed E-state index contributed by atoms with van der Waals surface area (Å²) in [7, 11) is 0. The van der Waals surface area contributed by atoms with Gasteiger partial charge in [-0.2, -0.15) is 5.10 Å². The van der Waals surface area contributed by atoms with Gasteiger partial charge in [-0.05, 0) is 36.0 Å². The Morgan fingerprint density at radius 3 is 2.77 bits per heavy atom. The number of oxazole rings is 1. The second-order valence-corrected chi connectivity index (χ2v) is 11.6. The quantitative estimate of drug-likeness (QED) is 0.280. The number of H-pyrrole nitrogens is 1. The van der Waals surface area contributed by atoms with Gasteiger partial charge in [0.1, 0.15) is 17.5 Å². The molecule has 4 heterocycles. The highest BCUT2D eigenvalue weighted by Gasteiger charge is 2.44. The molecule has 3 aromatic heterocycles. The molecule has 3 N–H and O–H groups in total. The van der Waals surface area contributed by atoms with Crippen LogP contribution < -0.4 is 10.9 Å². The number of anilines is 1. The molecule has 0 bridgehead atoms. The van der Waals surface area contributed by atoms with Crippen LogP contribution >= 0.6 is 23.2 Å². The van der Waals surface area contributed by atoms with Gasteiger partial charge in [0, 0.05) is 13.1 Å². The van der Waals surface area contributed by atoms with Gasteiger partial charge in [-0.25, -0.2) is 14.8 Å². The number of aromatic nitrogens is 5. The highest BCUT2D eigenvalue weighted by Crippen LogP contribution is 2.41. The first-order valence-electron chi connectivity index (χ1n) is 12.6. The van der Waals surface area contributed by atoms with Crippen molar-refractivity contribution in [3.63, 3.8) is 0 Å². The molecule has 1 aliphatic rings. The molecular weight excluding hydrogens is 545 g/mol. The van der Waals surface area contributed by atoms with Crippen molar-refractivity contribution in [1.29, 1.82) is 0 Å². The van der Waals surface area contributed by atoms with Crippen LogP contribution in [0.1, 0.15) is 56.7 Å². The van der Waals surface area contributed by atoms with E-state index in [1.54, 1.807) is 12.1 Å². The normalized spacial score (nSPS) is 18.0. The number of benzene rings is 1. The molecule has 206 valence electrons. The van der Waals surface area contributed by atoms with E-state index in [9.17, 15) is 14.7 Å². The lowest BCUT2D eigenvalue weighted by molar-refractivity contribution is 0.0394. The van der Waals surface area contributed by atoms with Crippen molar-refractivity contribution in [3.8, 4) is 0 Å². The van der Waals surface area contributed by atoms with Crippen molar-refractivity contribution in [3.05, 3.63) is 68.2 Å². The van der Waals surface area contributed by atoms with Crippen LogP contribution in [0.4, 0.5) is 10.7 Å². The molecular formula is C26H29Cl2N7O4. The molecule has 1 saturated heterocycles. The number of hydrogen-bond donors (Lipinski definition) is 3. The maximum atomic E-state index is 12.9. The topological polar surface area (TPSA) is 142 Å². The minimum absolute atomic E-state index is 0.174. The van der Waals surface area contributed by atoms with E-state index in [1.807, 2.05) is 26.8 Å². The largest absolute Gasteiger partial charge is 0.465 e. The summed E-state index contributed by atoms with van der Waals surface area (Å²) in [6, 6.07) is 5.01. The highest BCUT2D eigenvalue weighted by atomic mass is 35.5. The summed E-state index contributed by atoms with van der Waals surface area (Å²) in [4.78, 5) is 38.3. The Hall–Kier alpha value is -3.57. The van der Waals surface area contributed by atoms with Gasteiger partial charge in [0.2, 0.25) is 5.95 Å². The molecule has 13 heteroatoms. The number of carbonyl (C=O) groups is 1. The summed E-state index contributed by atoms with van der Waals surface area (Å²) in [5, 5.41) is 18.1. The molecule has 11 nitrogen and oxygen atoms in total. The van der Waals surface area contributed by atoms with Crippen molar-refractivity contribution >= 4 is 46.3 Å². The Balaban J connectivity index is 1.34. The number of nitrogens with zero attached hydrogens (tertiary/aromatic N) is 5. The van der Waals surface area contributed by atoms with Crippen LogP contribution in [0.2, 0.25) is 10.0 Å². The average Bonchev–Trinajstić information content (AvgIpc) is 3.51. The monoisotopic (exact) mass is 573 g/mol. The van der Waals surface area contributed by atoms with Gasteiger partial charge in [-0.3, -0.25) is 14.5 Å². The number of fused-ring (bicyclic) bond motifs is 1. The summed E-state index contributed by atoms with van der Waals surface area (Å²) in [5.74, 6) is 0.621. The van der Waals surface area contributed by atoms with Gasteiger partial charge in [0.25, 0.3) is 5.56 Å². The summed E-state index contributed by atoms with van der Waals surface area (Å²) in [6.07, 6.45) is 3.63. The molecule has 1 fully saturated rings. The van der Waals surface area contributed by atoms with Crippen LogP contribution in [-0.2, 0) is 13.1 Å². The Morgan fingerprint density at radius 1 is 1.26 bits per heavy atom. The molecule has 0 aliphatic carbocycles. The fraction of sp³-hybridized carbons (Fsp3) is 0.423. The lowest BCUT2D eigenvalue weighted by Crippen LogP contribution is -2.53. The Morgan fingerprint density at radius 2 is 2.05 bits per heavy atom. The lowest BCUT2D eigenvalue weighted by atomic mass is 9.74. The third kappa shape index (κ3) is 5.60. The molecule has 2 atom stereocenters. The lowest BCUT2D eigenvalue weighted by Gasteiger charge is -2.45.